The molecule has 5 atom stereocenters. The van der Waals surface area contributed by atoms with Crippen LogP contribution in [0.5, 0.6) is 0 Å². The molecule has 4 amide bonds. The number of hydrogen-bond acceptors (Lipinski definition) is 6. The monoisotopic (exact) mass is 393 g/mol. The van der Waals surface area contributed by atoms with E-state index in [0.29, 0.717) is 23.2 Å². The molecule has 2 saturated heterocycles. The minimum Gasteiger partial charge on any atom is -0.341 e. The number of hydrogen-bond donors (Lipinski definition) is 3. The van der Waals surface area contributed by atoms with Crippen LogP contribution >= 0.6 is 0 Å². The Bertz CT molecular complexity index is 1080. The lowest BCUT2D eigenvalue weighted by Crippen LogP contribution is -2.41. The maximum absolute atomic E-state index is 12.3. The molecule has 2 bridgehead atoms. The van der Waals surface area contributed by atoms with Crippen molar-refractivity contribution in [2.45, 2.75) is 37.3 Å². The van der Waals surface area contributed by atoms with Gasteiger partial charge in [0.15, 0.2) is 0 Å². The number of amides is 4. The van der Waals surface area contributed by atoms with Gasteiger partial charge in [0, 0.05) is 17.4 Å². The van der Waals surface area contributed by atoms with Crippen molar-refractivity contribution in [3.63, 3.8) is 0 Å². The predicted octanol–water partition coefficient (Wildman–Crippen LogP) is 1.16. The van der Waals surface area contributed by atoms with Crippen LogP contribution in [-0.4, -0.2) is 28.0 Å². The van der Waals surface area contributed by atoms with Gasteiger partial charge >= 0.3 is 6.03 Å². The first-order valence-corrected chi connectivity index (χ1v) is 9.80. The normalized spacial score (nSPS) is 37.0. The fraction of sp³-hybridized carbons (Fsp3) is 0.450. The summed E-state index contributed by atoms with van der Waals surface area (Å²) < 4.78 is 5.61. The SMILES string of the molecule is CC1(c2ccc(-c3noc(C45CC6CC(C(=O)N4)C5C6)n3)cc2)NC(=O)NC1=O. The van der Waals surface area contributed by atoms with E-state index in [-0.39, 0.29) is 23.7 Å². The van der Waals surface area contributed by atoms with Gasteiger partial charge in [0.05, 0.1) is 0 Å². The lowest BCUT2D eigenvalue weighted by atomic mass is 9.79. The predicted molar refractivity (Wildman–Crippen MR) is 97.9 cm³/mol. The number of benzene rings is 1. The molecular weight excluding hydrogens is 374 g/mol. The molecule has 4 fully saturated rings. The summed E-state index contributed by atoms with van der Waals surface area (Å²) >= 11 is 0. The maximum Gasteiger partial charge on any atom is 0.322 e. The molecule has 1 aromatic heterocycles. The van der Waals surface area contributed by atoms with Crippen LogP contribution in [0.3, 0.4) is 0 Å². The Morgan fingerprint density at radius 1 is 1.10 bits per heavy atom. The standard InChI is InChI=1S/C20H19N5O4/c1-19(16(27)22-18(28)24-19)11-4-2-10(3-5-11)14-21-17(29-25-14)20-8-9-6-12(13(20)7-9)15(26)23-20/h2-5,9,12-13H,6-8H2,1H3,(H,23,26)(H2,22,24,27,28). The Morgan fingerprint density at radius 2 is 1.90 bits per heavy atom. The molecule has 2 saturated carbocycles. The molecule has 148 valence electrons. The van der Waals surface area contributed by atoms with E-state index < -0.39 is 17.1 Å². The summed E-state index contributed by atoms with van der Waals surface area (Å²) in [6, 6.07) is 6.61. The summed E-state index contributed by atoms with van der Waals surface area (Å²) in [6.07, 6.45) is 2.85. The third kappa shape index (κ3) is 2.07. The van der Waals surface area contributed by atoms with Crippen LogP contribution < -0.4 is 16.0 Å². The summed E-state index contributed by atoms with van der Waals surface area (Å²) in [4.78, 5) is 40.5. The van der Waals surface area contributed by atoms with E-state index in [9.17, 15) is 14.4 Å². The van der Waals surface area contributed by atoms with Crippen molar-refractivity contribution in [2.75, 3.05) is 0 Å². The summed E-state index contributed by atoms with van der Waals surface area (Å²) in [5, 5.41) is 12.2. The number of carbonyl (C=O) groups excluding carboxylic acids is 3. The summed E-state index contributed by atoms with van der Waals surface area (Å²) in [6.45, 7) is 1.65. The minimum atomic E-state index is -1.11. The molecule has 3 heterocycles. The van der Waals surface area contributed by atoms with E-state index in [2.05, 4.69) is 26.1 Å². The molecule has 3 N–H and O–H groups in total. The Hall–Kier alpha value is -3.23. The molecule has 2 aromatic rings. The van der Waals surface area contributed by atoms with E-state index in [0.717, 1.165) is 24.8 Å². The Labute approximate surface area is 165 Å². The van der Waals surface area contributed by atoms with Crippen molar-refractivity contribution in [2.24, 2.45) is 17.8 Å². The largest absolute Gasteiger partial charge is 0.341 e. The zero-order chi connectivity index (χ0) is 20.0. The lowest BCUT2D eigenvalue weighted by molar-refractivity contribution is -0.124. The van der Waals surface area contributed by atoms with Crippen LogP contribution in [0.2, 0.25) is 0 Å². The van der Waals surface area contributed by atoms with Gasteiger partial charge in [-0.3, -0.25) is 14.9 Å². The van der Waals surface area contributed by atoms with Crippen molar-refractivity contribution in [3.05, 3.63) is 35.7 Å². The molecular formula is C20H19N5O4. The molecule has 5 unspecified atom stereocenters. The van der Waals surface area contributed by atoms with Gasteiger partial charge < -0.3 is 15.2 Å². The highest BCUT2D eigenvalue weighted by atomic mass is 16.5. The summed E-state index contributed by atoms with van der Waals surface area (Å²) in [7, 11) is 0. The molecule has 0 radical (unpaired) electrons. The smallest absolute Gasteiger partial charge is 0.322 e. The molecule has 2 aliphatic carbocycles. The van der Waals surface area contributed by atoms with Crippen LogP contribution in [0.1, 0.15) is 37.6 Å². The van der Waals surface area contributed by atoms with Crippen molar-refractivity contribution in [3.8, 4) is 11.4 Å². The highest BCUT2D eigenvalue weighted by Gasteiger charge is 2.66. The number of rotatable bonds is 3. The number of aromatic nitrogens is 2. The van der Waals surface area contributed by atoms with Gasteiger partial charge in [-0.25, -0.2) is 4.79 Å². The fourth-order valence-electron chi connectivity index (χ4n) is 5.73. The van der Waals surface area contributed by atoms with Crippen LogP contribution in [0, 0.1) is 17.8 Å². The minimum absolute atomic E-state index is 0.0666. The third-order valence-corrected chi connectivity index (χ3v) is 7.16. The Balaban J connectivity index is 1.30. The number of nitrogens with one attached hydrogen (secondary N) is 3. The van der Waals surface area contributed by atoms with Crippen LogP contribution in [-0.2, 0) is 20.7 Å². The Kier molecular flexibility index (Phi) is 3.01. The molecule has 29 heavy (non-hydrogen) atoms. The molecule has 2 aliphatic heterocycles. The lowest BCUT2D eigenvalue weighted by Gasteiger charge is -2.27. The zero-order valence-electron chi connectivity index (χ0n) is 15.7. The van der Waals surface area contributed by atoms with Gasteiger partial charge in [-0.15, -0.1) is 0 Å². The quantitative estimate of drug-likeness (QED) is 0.672. The molecule has 0 spiro atoms. The first-order chi connectivity index (χ1) is 13.9. The van der Waals surface area contributed by atoms with Crippen LogP contribution in [0.25, 0.3) is 11.4 Å². The molecule has 9 nitrogen and oxygen atoms in total. The fourth-order valence-corrected chi connectivity index (χ4v) is 5.73. The number of imide groups is 1. The van der Waals surface area contributed by atoms with E-state index in [1.807, 2.05) is 0 Å². The van der Waals surface area contributed by atoms with Gasteiger partial charge in [0.25, 0.3) is 11.8 Å². The van der Waals surface area contributed by atoms with Crippen molar-refractivity contribution in [1.29, 1.82) is 0 Å². The average molecular weight is 393 g/mol. The van der Waals surface area contributed by atoms with Gasteiger partial charge in [0.1, 0.15) is 11.1 Å². The van der Waals surface area contributed by atoms with Gasteiger partial charge in [-0.05, 0) is 37.7 Å². The molecule has 1 aromatic carbocycles. The molecule has 4 aliphatic rings. The highest BCUT2D eigenvalue weighted by molar-refractivity contribution is 6.07. The van der Waals surface area contributed by atoms with Gasteiger partial charge in [-0.2, -0.15) is 4.98 Å². The van der Waals surface area contributed by atoms with E-state index in [1.165, 1.54) is 0 Å². The first kappa shape index (κ1) is 16.7. The summed E-state index contributed by atoms with van der Waals surface area (Å²) in [5.74, 6) is 1.47. The second-order valence-corrected chi connectivity index (χ2v) is 8.75. The highest BCUT2D eigenvalue weighted by Crippen LogP contribution is 2.61. The van der Waals surface area contributed by atoms with Gasteiger partial charge in [0.2, 0.25) is 11.7 Å². The number of nitrogens with zero attached hydrogens (tertiary/aromatic N) is 2. The Morgan fingerprint density at radius 3 is 2.59 bits per heavy atom. The second kappa shape index (κ2) is 5.22. The number of carbonyl (C=O) groups is 3. The van der Waals surface area contributed by atoms with Crippen molar-refractivity contribution in [1.82, 2.24) is 26.1 Å². The average Bonchev–Trinajstić information content (AvgIpc) is 3.46. The molecule has 9 heteroatoms. The second-order valence-electron chi connectivity index (χ2n) is 8.75. The number of fused-ring (bicyclic) bond motifs is 1. The first-order valence-electron chi connectivity index (χ1n) is 9.80. The van der Waals surface area contributed by atoms with E-state index in [1.54, 1.807) is 31.2 Å². The van der Waals surface area contributed by atoms with Crippen molar-refractivity contribution >= 4 is 17.8 Å². The van der Waals surface area contributed by atoms with Crippen molar-refractivity contribution < 1.29 is 18.9 Å². The third-order valence-electron chi connectivity index (χ3n) is 7.16. The summed E-state index contributed by atoms with van der Waals surface area (Å²) in [5.41, 5.74) is -0.234. The van der Waals surface area contributed by atoms with Crippen LogP contribution in [0.4, 0.5) is 4.79 Å². The topological polar surface area (TPSA) is 126 Å². The maximum atomic E-state index is 12.3. The zero-order valence-corrected chi connectivity index (χ0v) is 15.7. The number of urea groups is 1. The van der Waals surface area contributed by atoms with Gasteiger partial charge in [-0.1, -0.05) is 29.4 Å². The molecule has 6 rings (SSSR count). The van der Waals surface area contributed by atoms with E-state index in [4.69, 9.17) is 4.52 Å². The van der Waals surface area contributed by atoms with Crippen LogP contribution in [0.15, 0.2) is 28.8 Å². The van der Waals surface area contributed by atoms with E-state index >= 15 is 0 Å².